The van der Waals surface area contributed by atoms with Gasteiger partial charge < -0.3 is 5.11 Å². The Morgan fingerprint density at radius 1 is 1.42 bits per heavy atom. The Morgan fingerprint density at radius 2 is 1.92 bits per heavy atom. The molecule has 0 unspecified atom stereocenters. The maximum atomic E-state index is 12.9. The number of halogens is 1. The molecule has 12 heavy (non-hydrogen) atoms. The number of aliphatic carboxylic acids is 1. The van der Waals surface area contributed by atoms with Crippen LogP contribution in [0.5, 0.6) is 0 Å². The second kappa shape index (κ2) is 3.70. The van der Waals surface area contributed by atoms with Crippen molar-refractivity contribution in [2.45, 2.75) is 32.6 Å². The van der Waals surface area contributed by atoms with Crippen molar-refractivity contribution >= 4 is 5.97 Å². The van der Waals surface area contributed by atoms with E-state index in [9.17, 15) is 9.18 Å². The highest BCUT2D eigenvalue weighted by molar-refractivity contribution is 5.84. The second-order valence-electron chi connectivity index (χ2n) is 3.28. The van der Waals surface area contributed by atoms with Crippen LogP contribution in [0.25, 0.3) is 0 Å². The third-order valence-corrected chi connectivity index (χ3v) is 2.50. The van der Waals surface area contributed by atoms with Gasteiger partial charge >= 0.3 is 5.97 Å². The molecule has 0 aliphatic heterocycles. The fraction of sp³-hybridized carbons (Fsp3) is 0.667. The van der Waals surface area contributed by atoms with Crippen LogP contribution in [0.3, 0.4) is 0 Å². The van der Waals surface area contributed by atoms with Crippen LogP contribution in [0.15, 0.2) is 11.4 Å². The Morgan fingerprint density at radius 3 is 2.33 bits per heavy atom. The molecule has 3 heteroatoms. The molecule has 0 heterocycles. The smallest absolute Gasteiger partial charge is 0.364 e. The molecule has 1 N–H and O–H groups in total. The topological polar surface area (TPSA) is 37.3 Å². The van der Waals surface area contributed by atoms with Gasteiger partial charge in [0.1, 0.15) is 0 Å². The minimum Gasteiger partial charge on any atom is -0.476 e. The van der Waals surface area contributed by atoms with Gasteiger partial charge in [0.15, 0.2) is 0 Å². The Labute approximate surface area is 71.1 Å². The highest BCUT2D eigenvalue weighted by Gasteiger charge is 2.22. The molecule has 1 fully saturated rings. The lowest BCUT2D eigenvalue weighted by molar-refractivity contribution is -0.134. The lowest BCUT2D eigenvalue weighted by Gasteiger charge is -2.08. The summed E-state index contributed by atoms with van der Waals surface area (Å²) in [6, 6.07) is 0. The van der Waals surface area contributed by atoms with Gasteiger partial charge in [0.25, 0.3) is 0 Å². The zero-order valence-electron chi connectivity index (χ0n) is 7.14. The number of allylic oxidation sites excluding steroid dienone is 1. The van der Waals surface area contributed by atoms with Crippen molar-refractivity contribution in [3.8, 4) is 0 Å². The Kier molecular flexibility index (Phi) is 2.84. The Hall–Kier alpha value is -0.860. The van der Waals surface area contributed by atoms with E-state index in [4.69, 9.17) is 5.11 Å². The van der Waals surface area contributed by atoms with Gasteiger partial charge in [-0.3, -0.25) is 0 Å². The van der Waals surface area contributed by atoms with Gasteiger partial charge in [-0.15, -0.1) is 0 Å². The van der Waals surface area contributed by atoms with E-state index < -0.39 is 11.8 Å². The number of carboxylic acid groups (broad SMARTS) is 1. The monoisotopic (exact) mass is 172 g/mol. The van der Waals surface area contributed by atoms with Crippen LogP contribution in [0.4, 0.5) is 4.39 Å². The third-order valence-electron chi connectivity index (χ3n) is 2.50. The SMILES string of the molecule is CC(=C(F)C(=O)O)C1CCCC1. The summed E-state index contributed by atoms with van der Waals surface area (Å²) in [6.07, 6.45) is 4.06. The molecule has 0 bridgehead atoms. The van der Waals surface area contributed by atoms with Crippen molar-refractivity contribution in [3.63, 3.8) is 0 Å². The quantitative estimate of drug-likeness (QED) is 0.650. The van der Waals surface area contributed by atoms with Crippen LogP contribution >= 0.6 is 0 Å². The molecule has 1 aliphatic rings. The minimum atomic E-state index is -1.43. The molecule has 0 aromatic heterocycles. The van der Waals surface area contributed by atoms with E-state index in [-0.39, 0.29) is 5.92 Å². The van der Waals surface area contributed by atoms with Gasteiger partial charge in [-0.2, -0.15) is 4.39 Å². The first kappa shape index (κ1) is 9.23. The molecular formula is C9H13FO2. The molecule has 0 amide bonds. The first-order valence-electron chi connectivity index (χ1n) is 4.22. The van der Waals surface area contributed by atoms with Gasteiger partial charge in [-0.05, 0) is 31.3 Å². The summed E-state index contributed by atoms with van der Waals surface area (Å²) in [5.74, 6) is -2.22. The normalized spacial score (nSPS) is 20.8. The van der Waals surface area contributed by atoms with Crippen LogP contribution in [-0.4, -0.2) is 11.1 Å². The van der Waals surface area contributed by atoms with Crippen LogP contribution < -0.4 is 0 Å². The maximum absolute atomic E-state index is 12.9. The first-order chi connectivity index (χ1) is 5.63. The molecule has 68 valence electrons. The summed E-state index contributed by atoms with van der Waals surface area (Å²) in [4.78, 5) is 10.3. The van der Waals surface area contributed by atoms with E-state index >= 15 is 0 Å². The standard InChI is InChI=1S/C9H13FO2/c1-6(8(10)9(11)12)7-4-2-3-5-7/h7H,2-5H2,1H3,(H,11,12). The largest absolute Gasteiger partial charge is 0.476 e. The van der Waals surface area contributed by atoms with Crippen LogP contribution in [-0.2, 0) is 4.79 Å². The Bertz CT molecular complexity index is 215. The van der Waals surface area contributed by atoms with Crippen LogP contribution in [0.2, 0.25) is 0 Å². The third kappa shape index (κ3) is 1.84. The van der Waals surface area contributed by atoms with E-state index in [1.165, 1.54) is 0 Å². The fourth-order valence-electron chi connectivity index (χ4n) is 1.71. The zero-order valence-corrected chi connectivity index (χ0v) is 7.14. The lowest BCUT2D eigenvalue weighted by atomic mass is 9.98. The van der Waals surface area contributed by atoms with E-state index in [1.807, 2.05) is 0 Å². The molecule has 1 aliphatic carbocycles. The van der Waals surface area contributed by atoms with Crippen molar-refractivity contribution in [3.05, 3.63) is 11.4 Å². The predicted molar refractivity (Wildman–Crippen MR) is 43.4 cm³/mol. The summed E-state index contributed by atoms with van der Waals surface area (Å²) in [6.45, 7) is 1.58. The van der Waals surface area contributed by atoms with Crippen LogP contribution in [0, 0.1) is 5.92 Å². The highest BCUT2D eigenvalue weighted by Crippen LogP contribution is 2.32. The first-order valence-corrected chi connectivity index (χ1v) is 4.22. The average molecular weight is 172 g/mol. The van der Waals surface area contributed by atoms with E-state index in [1.54, 1.807) is 6.92 Å². The molecular weight excluding hydrogens is 159 g/mol. The molecule has 1 saturated carbocycles. The van der Waals surface area contributed by atoms with Crippen LogP contribution in [0.1, 0.15) is 32.6 Å². The summed E-state index contributed by atoms with van der Waals surface area (Å²) in [7, 11) is 0. The minimum absolute atomic E-state index is 0.168. The molecule has 0 radical (unpaired) electrons. The van der Waals surface area contributed by atoms with Gasteiger partial charge in [-0.25, -0.2) is 4.79 Å². The molecule has 2 nitrogen and oxygen atoms in total. The fourth-order valence-corrected chi connectivity index (χ4v) is 1.71. The van der Waals surface area contributed by atoms with Gasteiger partial charge in [0, 0.05) is 0 Å². The molecule has 0 saturated heterocycles. The van der Waals surface area contributed by atoms with Gasteiger partial charge in [0.05, 0.1) is 0 Å². The Balaban J connectivity index is 2.72. The molecule has 0 aromatic carbocycles. The summed E-state index contributed by atoms with van der Waals surface area (Å²) in [5.41, 5.74) is 0.417. The van der Waals surface area contributed by atoms with Crippen molar-refractivity contribution in [2.24, 2.45) is 5.92 Å². The summed E-state index contributed by atoms with van der Waals surface area (Å²) < 4.78 is 12.9. The van der Waals surface area contributed by atoms with Crippen molar-refractivity contribution < 1.29 is 14.3 Å². The summed E-state index contributed by atoms with van der Waals surface area (Å²) >= 11 is 0. The van der Waals surface area contributed by atoms with Crippen molar-refractivity contribution in [1.82, 2.24) is 0 Å². The predicted octanol–water partition coefficient (Wildman–Crippen LogP) is 2.50. The molecule has 0 aromatic rings. The second-order valence-corrected chi connectivity index (χ2v) is 3.28. The van der Waals surface area contributed by atoms with Gasteiger partial charge in [0.2, 0.25) is 5.83 Å². The van der Waals surface area contributed by atoms with E-state index in [0.29, 0.717) is 5.57 Å². The maximum Gasteiger partial charge on any atom is 0.364 e. The average Bonchev–Trinajstić information content (AvgIpc) is 2.53. The zero-order chi connectivity index (χ0) is 9.14. The van der Waals surface area contributed by atoms with Crippen molar-refractivity contribution in [2.75, 3.05) is 0 Å². The highest BCUT2D eigenvalue weighted by atomic mass is 19.1. The molecule has 0 atom stereocenters. The number of carboxylic acids is 1. The summed E-state index contributed by atoms with van der Waals surface area (Å²) in [5, 5.41) is 8.38. The number of rotatable bonds is 2. The van der Waals surface area contributed by atoms with E-state index in [2.05, 4.69) is 0 Å². The molecule has 0 spiro atoms. The molecule has 1 rings (SSSR count). The lowest BCUT2D eigenvalue weighted by Crippen LogP contribution is -2.04. The number of hydrogen-bond donors (Lipinski definition) is 1. The van der Waals surface area contributed by atoms with Crippen molar-refractivity contribution in [1.29, 1.82) is 0 Å². The van der Waals surface area contributed by atoms with E-state index in [0.717, 1.165) is 25.7 Å². The number of hydrogen-bond acceptors (Lipinski definition) is 1. The van der Waals surface area contributed by atoms with Gasteiger partial charge in [-0.1, -0.05) is 12.8 Å². The number of carbonyl (C=O) groups is 1.